The van der Waals surface area contributed by atoms with E-state index in [1.165, 1.54) is 6.42 Å². The van der Waals surface area contributed by atoms with Crippen LogP contribution >= 0.6 is 0 Å². The minimum absolute atomic E-state index is 0.0616. The van der Waals surface area contributed by atoms with Gasteiger partial charge in [-0.2, -0.15) is 0 Å². The Morgan fingerprint density at radius 3 is 2.74 bits per heavy atom. The van der Waals surface area contributed by atoms with Crippen molar-refractivity contribution in [2.75, 3.05) is 27.2 Å². The van der Waals surface area contributed by atoms with Gasteiger partial charge in [-0.15, -0.1) is 0 Å². The summed E-state index contributed by atoms with van der Waals surface area (Å²) in [5, 5.41) is 0. The molecule has 4 heteroatoms. The Bertz CT molecular complexity index is 319. The molecule has 0 radical (unpaired) electrons. The molecule has 110 valence electrons. The molecular weight excluding hydrogens is 238 g/mol. The van der Waals surface area contributed by atoms with Gasteiger partial charge in [-0.3, -0.25) is 4.79 Å². The Hall–Kier alpha value is -0.610. The maximum Gasteiger partial charge on any atom is 0.227 e. The lowest BCUT2D eigenvalue weighted by Crippen LogP contribution is -2.50. The van der Waals surface area contributed by atoms with Crippen LogP contribution < -0.4 is 5.73 Å². The smallest absolute Gasteiger partial charge is 0.227 e. The number of nitrogens with two attached hydrogens (primary N) is 1. The number of carbonyl (C=O) groups excluding carboxylic acids is 1. The quantitative estimate of drug-likeness (QED) is 0.838. The van der Waals surface area contributed by atoms with Crippen LogP contribution in [0, 0.1) is 11.8 Å². The van der Waals surface area contributed by atoms with Gasteiger partial charge in [0.05, 0.1) is 5.92 Å². The molecule has 0 bridgehead atoms. The fourth-order valence-corrected chi connectivity index (χ4v) is 3.64. The van der Waals surface area contributed by atoms with E-state index in [0.29, 0.717) is 17.9 Å². The van der Waals surface area contributed by atoms with Gasteiger partial charge in [0.2, 0.25) is 5.91 Å². The van der Waals surface area contributed by atoms with Crippen LogP contribution in [0.15, 0.2) is 0 Å². The molecule has 2 N–H and O–H groups in total. The van der Waals surface area contributed by atoms with Crippen molar-refractivity contribution < 1.29 is 4.79 Å². The van der Waals surface area contributed by atoms with Crippen LogP contribution in [-0.4, -0.2) is 55.0 Å². The summed E-state index contributed by atoms with van der Waals surface area (Å²) in [7, 11) is 4.16. The molecule has 1 saturated heterocycles. The van der Waals surface area contributed by atoms with Crippen LogP contribution in [0.1, 0.15) is 39.0 Å². The van der Waals surface area contributed by atoms with Crippen molar-refractivity contribution in [1.82, 2.24) is 9.80 Å². The van der Waals surface area contributed by atoms with Crippen LogP contribution in [0.4, 0.5) is 0 Å². The Morgan fingerprint density at radius 2 is 2.05 bits per heavy atom. The lowest BCUT2D eigenvalue weighted by Gasteiger charge is -2.36. The van der Waals surface area contributed by atoms with Gasteiger partial charge in [-0.25, -0.2) is 0 Å². The van der Waals surface area contributed by atoms with Gasteiger partial charge >= 0.3 is 0 Å². The fraction of sp³-hybridized carbons (Fsp3) is 0.933. The molecule has 1 saturated carbocycles. The number of hydrogen-bond acceptors (Lipinski definition) is 3. The minimum atomic E-state index is 0.0616. The first-order chi connectivity index (χ1) is 8.99. The second-order valence-corrected chi connectivity index (χ2v) is 6.78. The summed E-state index contributed by atoms with van der Waals surface area (Å²) in [5.74, 6) is 1.03. The van der Waals surface area contributed by atoms with Gasteiger partial charge in [-0.1, -0.05) is 6.92 Å². The molecule has 1 aliphatic carbocycles. The number of rotatable bonds is 3. The van der Waals surface area contributed by atoms with Crippen molar-refractivity contribution in [2.24, 2.45) is 17.6 Å². The number of likely N-dealkylation sites (tertiary alicyclic amines) is 1. The molecule has 19 heavy (non-hydrogen) atoms. The van der Waals surface area contributed by atoms with E-state index in [2.05, 4.69) is 30.8 Å². The second kappa shape index (κ2) is 6.23. The van der Waals surface area contributed by atoms with E-state index in [1.54, 1.807) is 0 Å². The summed E-state index contributed by atoms with van der Waals surface area (Å²) in [4.78, 5) is 17.1. The maximum atomic E-state index is 12.8. The third kappa shape index (κ3) is 3.48. The highest BCUT2D eigenvalue weighted by atomic mass is 16.2. The molecule has 0 aromatic carbocycles. The molecule has 0 spiro atoms. The summed E-state index contributed by atoms with van der Waals surface area (Å²) in [5.41, 5.74) is 6.20. The van der Waals surface area contributed by atoms with Gasteiger partial charge in [-0.05, 0) is 52.1 Å². The monoisotopic (exact) mass is 267 g/mol. The molecule has 2 aliphatic rings. The van der Waals surface area contributed by atoms with Crippen molar-refractivity contribution in [2.45, 2.75) is 51.1 Å². The van der Waals surface area contributed by atoms with E-state index >= 15 is 0 Å². The van der Waals surface area contributed by atoms with Crippen LogP contribution in [0.25, 0.3) is 0 Å². The number of nitrogens with zero attached hydrogens (tertiary/aromatic N) is 2. The molecule has 2 rings (SSSR count). The van der Waals surface area contributed by atoms with Gasteiger partial charge < -0.3 is 15.5 Å². The molecular formula is C15H29N3O. The normalized spacial score (nSPS) is 35.9. The van der Waals surface area contributed by atoms with E-state index in [1.807, 2.05) is 0 Å². The van der Waals surface area contributed by atoms with E-state index in [4.69, 9.17) is 5.73 Å². The summed E-state index contributed by atoms with van der Waals surface area (Å²) in [6.07, 6.45) is 5.43. The molecule has 0 aromatic rings. The molecule has 2 fully saturated rings. The highest BCUT2D eigenvalue weighted by molar-refractivity contribution is 5.80. The number of likely N-dealkylation sites (N-methyl/N-ethyl adjacent to an activating group) is 1. The first kappa shape index (κ1) is 14.8. The standard InChI is InChI=1S/C15H29N3O/c1-11-6-7-14(16)13(9-11)15(19)18-8-4-5-12(18)10-17(2)3/h11-14H,4-10,16H2,1-3H3. The van der Waals surface area contributed by atoms with Crippen molar-refractivity contribution in [3.8, 4) is 0 Å². The van der Waals surface area contributed by atoms with Crippen molar-refractivity contribution in [1.29, 1.82) is 0 Å². The van der Waals surface area contributed by atoms with Gasteiger partial charge in [0.25, 0.3) is 0 Å². The Kier molecular flexibility index (Phi) is 4.85. The third-order valence-corrected chi connectivity index (χ3v) is 4.72. The Morgan fingerprint density at radius 1 is 1.32 bits per heavy atom. The molecule has 4 unspecified atom stereocenters. The zero-order valence-corrected chi connectivity index (χ0v) is 12.6. The lowest BCUT2D eigenvalue weighted by molar-refractivity contribution is -0.138. The third-order valence-electron chi connectivity index (χ3n) is 4.72. The van der Waals surface area contributed by atoms with E-state index in [9.17, 15) is 4.79 Å². The average Bonchev–Trinajstić information content (AvgIpc) is 2.78. The molecule has 4 atom stereocenters. The highest BCUT2D eigenvalue weighted by Gasteiger charge is 2.38. The van der Waals surface area contributed by atoms with Crippen molar-refractivity contribution in [3.63, 3.8) is 0 Å². The summed E-state index contributed by atoms with van der Waals surface area (Å²) < 4.78 is 0. The lowest BCUT2D eigenvalue weighted by atomic mass is 9.78. The summed E-state index contributed by atoms with van der Waals surface area (Å²) >= 11 is 0. The Labute approximate surface area is 117 Å². The predicted molar refractivity (Wildman–Crippen MR) is 77.8 cm³/mol. The van der Waals surface area contributed by atoms with Gasteiger partial charge in [0.15, 0.2) is 0 Å². The predicted octanol–water partition coefficient (Wildman–Crippen LogP) is 1.30. The fourth-order valence-electron chi connectivity index (χ4n) is 3.64. The Balaban J connectivity index is 2.01. The van der Waals surface area contributed by atoms with Crippen molar-refractivity contribution in [3.05, 3.63) is 0 Å². The van der Waals surface area contributed by atoms with Crippen LogP contribution in [-0.2, 0) is 4.79 Å². The molecule has 0 aromatic heterocycles. The van der Waals surface area contributed by atoms with Crippen molar-refractivity contribution >= 4 is 5.91 Å². The largest absolute Gasteiger partial charge is 0.338 e. The number of hydrogen-bond donors (Lipinski definition) is 1. The highest BCUT2D eigenvalue weighted by Crippen LogP contribution is 2.31. The molecule has 1 amide bonds. The molecule has 4 nitrogen and oxygen atoms in total. The van der Waals surface area contributed by atoms with Crippen LogP contribution in [0.3, 0.4) is 0 Å². The van der Waals surface area contributed by atoms with Gasteiger partial charge in [0.1, 0.15) is 0 Å². The van der Waals surface area contributed by atoms with Crippen LogP contribution in [0.2, 0.25) is 0 Å². The maximum absolute atomic E-state index is 12.8. The zero-order chi connectivity index (χ0) is 14.0. The zero-order valence-electron chi connectivity index (χ0n) is 12.6. The summed E-state index contributed by atoms with van der Waals surface area (Å²) in [6.45, 7) is 4.14. The topological polar surface area (TPSA) is 49.6 Å². The average molecular weight is 267 g/mol. The second-order valence-electron chi connectivity index (χ2n) is 6.78. The summed E-state index contributed by atoms with van der Waals surface area (Å²) in [6, 6.07) is 0.469. The SMILES string of the molecule is CC1CCC(N)C(C(=O)N2CCCC2CN(C)C)C1. The van der Waals surface area contributed by atoms with E-state index < -0.39 is 0 Å². The first-order valence-electron chi connectivity index (χ1n) is 7.69. The molecule has 1 heterocycles. The van der Waals surface area contributed by atoms with Crippen LogP contribution in [0.5, 0.6) is 0 Å². The van der Waals surface area contributed by atoms with E-state index in [-0.39, 0.29) is 12.0 Å². The van der Waals surface area contributed by atoms with E-state index in [0.717, 1.165) is 38.8 Å². The minimum Gasteiger partial charge on any atom is -0.338 e. The van der Waals surface area contributed by atoms with Gasteiger partial charge in [0, 0.05) is 25.2 Å². The number of carbonyl (C=O) groups is 1. The molecule has 1 aliphatic heterocycles. The first-order valence-corrected chi connectivity index (χ1v) is 7.69. The number of amides is 1.